The van der Waals surface area contributed by atoms with Crippen molar-refractivity contribution in [2.75, 3.05) is 0 Å². The molecule has 2 aliphatic rings. The second-order valence-electron chi connectivity index (χ2n) is 4.49. The van der Waals surface area contributed by atoms with Gasteiger partial charge in [0, 0.05) is 6.42 Å². The lowest BCUT2D eigenvalue weighted by atomic mass is 9.94. The van der Waals surface area contributed by atoms with Gasteiger partial charge in [0.2, 0.25) is 5.91 Å². The van der Waals surface area contributed by atoms with Crippen LogP contribution in [0.25, 0.3) is 0 Å². The quantitative estimate of drug-likeness (QED) is 0.460. The van der Waals surface area contributed by atoms with Gasteiger partial charge in [-0.15, -0.1) is 0 Å². The number of nitrogens with one attached hydrogen (secondary N) is 1. The number of hydrogen-bond donors (Lipinski definition) is 1. The van der Waals surface area contributed by atoms with Gasteiger partial charge in [-0.05, 0) is 12.1 Å². The Morgan fingerprint density at radius 1 is 1.11 bits per heavy atom. The first-order chi connectivity index (χ1) is 9.15. The van der Waals surface area contributed by atoms with E-state index in [1.807, 2.05) is 0 Å². The Hall–Kier alpha value is -2.50. The number of hydrogen-bond acceptors (Lipinski definition) is 4. The molecule has 6 heteroatoms. The average Bonchev–Trinajstić information content (AvgIpc) is 2.65. The molecule has 1 aromatic rings. The smallest absolute Gasteiger partial charge is 0.262 e. The Morgan fingerprint density at radius 2 is 1.68 bits per heavy atom. The highest BCUT2D eigenvalue weighted by Crippen LogP contribution is 2.28. The van der Waals surface area contributed by atoms with Crippen LogP contribution in [0.2, 0.25) is 0 Å². The third-order valence-electron chi connectivity index (χ3n) is 3.43. The Balaban J connectivity index is 1.96. The number of amides is 3. The fourth-order valence-corrected chi connectivity index (χ4v) is 2.48. The molecular formula is C13H10N2O4. The molecule has 1 saturated heterocycles. The molecule has 2 heterocycles. The second kappa shape index (κ2) is 4.01. The van der Waals surface area contributed by atoms with Crippen molar-refractivity contribution in [2.45, 2.75) is 18.5 Å². The van der Waals surface area contributed by atoms with Crippen LogP contribution in [-0.2, 0) is 9.59 Å². The van der Waals surface area contributed by atoms with Crippen LogP contribution in [0.4, 0.5) is 0 Å². The summed E-state index contributed by atoms with van der Waals surface area (Å²) in [6.07, 6.45) is 0.749. The molecule has 0 unspecified atom stereocenters. The van der Waals surface area contributed by atoms with Gasteiger partial charge in [-0.2, -0.15) is 0 Å². The number of nitrogens with zero attached hydrogens (tertiary/aromatic N) is 1. The minimum Gasteiger partial charge on any atom is -0.348 e. The topological polar surface area (TPSA) is 83.6 Å². The highest BCUT2D eigenvalue weighted by atomic mass is 16.2. The van der Waals surface area contributed by atoms with Crippen molar-refractivity contribution in [2.24, 2.45) is 0 Å². The van der Waals surface area contributed by atoms with E-state index in [4.69, 9.17) is 0 Å². The zero-order valence-electron chi connectivity index (χ0n) is 9.83. The molecule has 0 saturated carbocycles. The van der Waals surface area contributed by atoms with Crippen LogP contribution in [0.5, 0.6) is 0 Å². The normalized spacial score (nSPS) is 24.8. The molecule has 6 nitrogen and oxygen atoms in total. The van der Waals surface area contributed by atoms with Gasteiger partial charge in [0.05, 0.1) is 17.2 Å². The zero-order valence-corrected chi connectivity index (χ0v) is 9.83. The largest absolute Gasteiger partial charge is 0.348 e. The van der Waals surface area contributed by atoms with Gasteiger partial charge < -0.3 is 10.1 Å². The predicted molar refractivity (Wildman–Crippen MR) is 63.3 cm³/mol. The molecule has 96 valence electrons. The molecule has 3 amide bonds. The summed E-state index contributed by atoms with van der Waals surface area (Å²) in [6.45, 7) is 0. The monoisotopic (exact) mass is 258 g/mol. The summed E-state index contributed by atoms with van der Waals surface area (Å²) in [7, 11) is 0. The molecule has 19 heavy (non-hydrogen) atoms. The zero-order chi connectivity index (χ0) is 13.6. The minimum absolute atomic E-state index is 0.0871. The summed E-state index contributed by atoms with van der Waals surface area (Å²) < 4.78 is 0. The van der Waals surface area contributed by atoms with E-state index in [0.717, 1.165) is 4.90 Å². The number of fused-ring (bicyclic) bond motifs is 1. The fraction of sp³-hybridized carbons (Fsp3) is 0.231. The van der Waals surface area contributed by atoms with Crippen LogP contribution in [0, 0.1) is 0 Å². The van der Waals surface area contributed by atoms with Crippen LogP contribution < -0.4 is 5.32 Å². The molecule has 0 radical (unpaired) electrons. The molecule has 1 aromatic carbocycles. The molecule has 0 spiro atoms. The van der Waals surface area contributed by atoms with Crippen molar-refractivity contribution >= 4 is 24.0 Å². The van der Waals surface area contributed by atoms with Crippen LogP contribution in [-0.4, -0.2) is 41.0 Å². The Labute approximate surface area is 108 Å². The first-order valence-electron chi connectivity index (χ1n) is 5.86. The van der Waals surface area contributed by atoms with Crippen LogP contribution >= 0.6 is 0 Å². The summed E-state index contributed by atoms with van der Waals surface area (Å²) in [5.74, 6) is -1.35. The van der Waals surface area contributed by atoms with Gasteiger partial charge in [0.15, 0.2) is 0 Å². The van der Waals surface area contributed by atoms with Crippen molar-refractivity contribution in [3.8, 4) is 0 Å². The molecule has 0 aromatic heterocycles. The second-order valence-corrected chi connectivity index (χ2v) is 4.49. The van der Waals surface area contributed by atoms with Crippen LogP contribution in [0.15, 0.2) is 24.3 Å². The number of carbonyl (C=O) groups excluding carboxylic acids is 4. The lowest BCUT2D eigenvalue weighted by Crippen LogP contribution is -2.70. The maximum absolute atomic E-state index is 12.2. The minimum atomic E-state index is -0.877. The number of benzene rings is 1. The Morgan fingerprint density at radius 3 is 2.16 bits per heavy atom. The third kappa shape index (κ3) is 1.49. The van der Waals surface area contributed by atoms with E-state index < -0.39 is 29.8 Å². The average molecular weight is 258 g/mol. The van der Waals surface area contributed by atoms with Crippen LogP contribution in [0.1, 0.15) is 27.1 Å². The predicted octanol–water partition coefficient (Wildman–Crippen LogP) is -0.261. The van der Waals surface area contributed by atoms with Crippen molar-refractivity contribution in [1.29, 1.82) is 0 Å². The SMILES string of the molecule is O=CC[C@H]1NC(=O)[C@@H]1N1C(=O)c2ccccc2C1=O. The van der Waals surface area contributed by atoms with Crippen molar-refractivity contribution in [1.82, 2.24) is 10.2 Å². The highest BCUT2D eigenvalue weighted by Gasteiger charge is 2.51. The molecule has 1 N–H and O–H groups in total. The summed E-state index contributed by atoms with van der Waals surface area (Å²) in [4.78, 5) is 47.4. The van der Waals surface area contributed by atoms with E-state index >= 15 is 0 Å². The molecule has 2 aliphatic heterocycles. The highest BCUT2D eigenvalue weighted by molar-refractivity contribution is 6.23. The number of carbonyl (C=O) groups is 4. The molecule has 0 bridgehead atoms. The number of aldehydes is 1. The Bertz CT molecular complexity index is 573. The van der Waals surface area contributed by atoms with E-state index in [1.165, 1.54) is 0 Å². The van der Waals surface area contributed by atoms with Gasteiger partial charge in [0.1, 0.15) is 12.3 Å². The Kier molecular flexibility index (Phi) is 2.45. The van der Waals surface area contributed by atoms with Crippen molar-refractivity contribution < 1.29 is 19.2 Å². The lowest BCUT2D eigenvalue weighted by Gasteiger charge is -2.40. The van der Waals surface area contributed by atoms with E-state index in [0.29, 0.717) is 17.4 Å². The van der Waals surface area contributed by atoms with Gasteiger partial charge in [0.25, 0.3) is 11.8 Å². The van der Waals surface area contributed by atoms with E-state index in [9.17, 15) is 19.2 Å². The first kappa shape index (κ1) is 11.6. The van der Waals surface area contributed by atoms with Crippen molar-refractivity contribution in [3.05, 3.63) is 35.4 Å². The van der Waals surface area contributed by atoms with E-state index in [1.54, 1.807) is 24.3 Å². The van der Waals surface area contributed by atoms with Crippen LogP contribution in [0.3, 0.4) is 0 Å². The number of imide groups is 1. The van der Waals surface area contributed by atoms with Gasteiger partial charge >= 0.3 is 0 Å². The lowest BCUT2D eigenvalue weighted by molar-refractivity contribution is -0.135. The van der Waals surface area contributed by atoms with Gasteiger partial charge in [-0.25, -0.2) is 0 Å². The maximum Gasteiger partial charge on any atom is 0.262 e. The summed E-state index contributed by atoms with van der Waals surface area (Å²) in [6, 6.07) is 5.08. The molecule has 1 fully saturated rings. The van der Waals surface area contributed by atoms with Gasteiger partial charge in [-0.1, -0.05) is 12.1 Å². The number of rotatable bonds is 3. The molecule has 3 rings (SSSR count). The number of β-lactam (4-membered cyclic amide) rings is 1. The van der Waals surface area contributed by atoms with E-state index in [2.05, 4.69) is 5.32 Å². The summed E-state index contributed by atoms with van der Waals surface area (Å²) in [5, 5.41) is 2.52. The summed E-state index contributed by atoms with van der Waals surface area (Å²) >= 11 is 0. The fourth-order valence-electron chi connectivity index (χ4n) is 2.48. The van der Waals surface area contributed by atoms with E-state index in [-0.39, 0.29) is 6.42 Å². The summed E-state index contributed by atoms with van der Waals surface area (Å²) in [5.41, 5.74) is 0.606. The maximum atomic E-state index is 12.2. The molecule has 2 atom stereocenters. The standard InChI is InChI=1S/C13H10N2O4/c16-6-5-9-10(11(17)14-9)15-12(18)7-3-1-2-4-8(7)13(15)19/h1-4,6,9-10H,5H2,(H,14,17)/t9-,10-/m1/s1. The third-order valence-corrected chi connectivity index (χ3v) is 3.43. The van der Waals surface area contributed by atoms with Crippen molar-refractivity contribution in [3.63, 3.8) is 0 Å². The van der Waals surface area contributed by atoms with Gasteiger partial charge in [-0.3, -0.25) is 19.3 Å². The molecule has 0 aliphatic carbocycles. The molecular weight excluding hydrogens is 248 g/mol. The first-order valence-corrected chi connectivity index (χ1v) is 5.86.